The third-order valence-corrected chi connectivity index (χ3v) is 4.06. The molecule has 1 N–H and O–H groups in total. The van der Waals surface area contributed by atoms with Gasteiger partial charge in [-0.05, 0) is 18.8 Å². The van der Waals surface area contributed by atoms with E-state index in [4.69, 9.17) is 0 Å². The van der Waals surface area contributed by atoms with Crippen LogP contribution in [-0.2, 0) is 9.59 Å². The van der Waals surface area contributed by atoms with Gasteiger partial charge in [0.05, 0.1) is 18.1 Å². The first kappa shape index (κ1) is 14.2. The number of nitrogens with zero attached hydrogens (tertiary/aromatic N) is 1. The Hall–Kier alpha value is -0.900. The highest BCUT2D eigenvalue weighted by molar-refractivity contribution is 6.06. The van der Waals surface area contributed by atoms with Crippen molar-refractivity contribution in [2.75, 3.05) is 6.61 Å². The molecule has 1 aliphatic rings. The number of likely N-dealkylation sites (tertiary alicyclic amines) is 1. The van der Waals surface area contributed by atoms with Crippen molar-refractivity contribution in [2.24, 2.45) is 17.3 Å². The second kappa shape index (κ2) is 4.77. The Labute approximate surface area is 103 Å². The Morgan fingerprint density at radius 3 is 2.12 bits per heavy atom. The molecular formula is C13H23NO3. The summed E-state index contributed by atoms with van der Waals surface area (Å²) in [5.74, 6) is -0.0953. The van der Waals surface area contributed by atoms with Gasteiger partial charge in [0.15, 0.2) is 0 Å². The number of aliphatic hydroxyl groups excluding tert-OH is 1. The molecule has 1 fully saturated rings. The van der Waals surface area contributed by atoms with E-state index in [0.29, 0.717) is 0 Å². The number of carbonyl (C=O) groups is 2. The van der Waals surface area contributed by atoms with Crippen LogP contribution in [0.2, 0.25) is 0 Å². The number of rotatable bonds is 4. The van der Waals surface area contributed by atoms with Crippen LogP contribution in [0.25, 0.3) is 0 Å². The lowest BCUT2D eigenvalue weighted by Gasteiger charge is -2.31. The van der Waals surface area contributed by atoms with Crippen LogP contribution in [0.3, 0.4) is 0 Å². The maximum absolute atomic E-state index is 12.4. The van der Waals surface area contributed by atoms with E-state index in [1.807, 2.05) is 34.6 Å². The monoisotopic (exact) mass is 241 g/mol. The first-order valence-electron chi connectivity index (χ1n) is 6.23. The summed E-state index contributed by atoms with van der Waals surface area (Å²) in [6, 6.07) is -0.393. The lowest BCUT2D eigenvalue weighted by Crippen LogP contribution is -2.47. The van der Waals surface area contributed by atoms with Crippen LogP contribution < -0.4 is 0 Å². The van der Waals surface area contributed by atoms with Gasteiger partial charge in [0.2, 0.25) is 11.8 Å². The average molecular weight is 241 g/mol. The van der Waals surface area contributed by atoms with Crippen molar-refractivity contribution in [3.63, 3.8) is 0 Å². The molecule has 0 bridgehead atoms. The summed E-state index contributed by atoms with van der Waals surface area (Å²) in [5, 5.41) is 9.36. The molecule has 0 aliphatic carbocycles. The fourth-order valence-electron chi connectivity index (χ4n) is 2.24. The number of aliphatic hydroxyl groups is 1. The van der Waals surface area contributed by atoms with Gasteiger partial charge in [0, 0.05) is 6.42 Å². The van der Waals surface area contributed by atoms with E-state index in [0.717, 1.165) is 0 Å². The third kappa shape index (κ3) is 2.23. The van der Waals surface area contributed by atoms with Crippen molar-refractivity contribution < 1.29 is 14.7 Å². The molecule has 0 aromatic carbocycles. The van der Waals surface area contributed by atoms with Crippen molar-refractivity contribution in [3.8, 4) is 0 Å². The van der Waals surface area contributed by atoms with Crippen LogP contribution in [0, 0.1) is 17.3 Å². The Bertz CT molecular complexity index is 325. The zero-order chi connectivity index (χ0) is 13.4. The first-order valence-corrected chi connectivity index (χ1v) is 6.23. The molecular weight excluding hydrogens is 218 g/mol. The molecule has 1 aliphatic heterocycles. The minimum atomic E-state index is -0.612. The minimum absolute atomic E-state index is 0.0717. The largest absolute Gasteiger partial charge is 0.394 e. The first-order chi connectivity index (χ1) is 7.75. The van der Waals surface area contributed by atoms with E-state index < -0.39 is 11.5 Å². The molecule has 98 valence electrons. The molecule has 2 atom stereocenters. The molecule has 0 aromatic rings. The summed E-state index contributed by atoms with van der Waals surface area (Å²) in [5.41, 5.74) is -0.612. The summed E-state index contributed by atoms with van der Waals surface area (Å²) in [4.78, 5) is 25.7. The number of hydrogen-bond donors (Lipinski definition) is 1. The molecule has 4 heteroatoms. The summed E-state index contributed by atoms with van der Waals surface area (Å²) in [6.07, 6.45) is 0.257. The van der Waals surface area contributed by atoms with Gasteiger partial charge in [-0.2, -0.15) is 0 Å². The summed E-state index contributed by atoms with van der Waals surface area (Å²) < 4.78 is 0. The smallest absolute Gasteiger partial charge is 0.236 e. The molecule has 1 unspecified atom stereocenters. The molecule has 0 radical (unpaired) electrons. The molecule has 1 saturated heterocycles. The maximum Gasteiger partial charge on any atom is 0.236 e. The van der Waals surface area contributed by atoms with Gasteiger partial charge in [0.25, 0.3) is 0 Å². The predicted molar refractivity (Wildman–Crippen MR) is 65.1 cm³/mol. The molecule has 0 spiro atoms. The number of amides is 2. The van der Waals surface area contributed by atoms with Crippen LogP contribution in [0.5, 0.6) is 0 Å². The normalized spacial score (nSPS) is 27.4. The fourth-order valence-corrected chi connectivity index (χ4v) is 2.24. The van der Waals surface area contributed by atoms with Crippen LogP contribution >= 0.6 is 0 Å². The third-order valence-electron chi connectivity index (χ3n) is 4.06. The topological polar surface area (TPSA) is 57.6 Å². The van der Waals surface area contributed by atoms with Crippen molar-refractivity contribution in [1.82, 2.24) is 4.90 Å². The lowest BCUT2D eigenvalue weighted by atomic mass is 9.77. The Kier molecular flexibility index (Phi) is 3.97. The highest BCUT2D eigenvalue weighted by Crippen LogP contribution is 2.40. The molecule has 2 amide bonds. The zero-order valence-corrected chi connectivity index (χ0v) is 11.4. The predicted octanol–water partition coefficient (Wildman–Crippen LogP) is 1.42. The summed E-state index contributed by atoms with van der Waals surface area (Å²) in [6.45, 7) is 9.41. The molecule has 1 rings (SSSR count). The molecule has 1 heterocycles. The van der Waals surface area contributed by atoms with Gasteiger partial charge in [-0.25, -0.2) is 0 Å². The van der Waals surface area contributed by atoms with Gasteiger partial charge in [-0.1, -0.05) is 27.7 Å². The van der Waals surface area contributed by atoms with Crippen molar-refractivity contribution in [2.45, 2.75) is 47.1 Å². The van der Waals surface area contributed by atoms with Crippen LogP contribution in [0.1, 0.15) is 41.0 Å². The van der Waals surface area contributed by atoms with Gasteiger partial charge < -0.3 is 5.11 Å². The number of imide groups is 1. The van der Waals surface area contributed by atoms with Crippen molar-refractivity contribution >= 4 is 11.8 Å². The van der Waals surface area contributed by atoms with Crippen molar-refractivity contribution in [1.29, 1.82) is 0 Å². The molecule has 17 heavy (non-hydrogen) atoms. The SMILES string of the molecule is CC(C)[C@H](CO)N1C(=O)CC(C)(C(C)C)C1=O. The van der Waals surface area contributed by atoms with E-state index in [9.17, 15) is 14.7 Å². The second-order valence-corrected chi connectivity index (χ2v) is 5.81. The second-order valence-electron chi connectivity index (χ2n) is 5.81. The quantitative estimate of drug-likeness (QED) is 0.757. The van der Waals surface area contributed by atoms with E-state index in [-0.39, 0.29) is 36.7 Å². The molecule has 4 nitrogen and oxygen atoms in total. The number of hydrogen-bond acceptors (Lipinski definition) is 3. The van der Waals surface area contributed by atoms with Crippen LogP contribution in [0.4, 0.5) is 0 Å². The van der Waals surface area contributed by atoms with Gasteiger partial charge >= 0.3 is 0 Å². The van der Waals surface area contributed by atoms with E-state index in [2.05, 4.69) is 0 Å². The fraction of sp³-hybridized carbons (Fsp3) is 0.846. The average Bonchev–Trinajstić information content (AvgIpc) is 2.43. The van der Waals surface area contributed by atoms with Crippen LogP contribution in [-0.4, -0.2) is 34.5 Å². The van der Waals surface area contributed by atoms with E-state index in [1.165, 1.54) is 4.90 Å². The van der Waals surface area contributed by atoms with Crippen LogP contribution in [0.15, 0.2) is 0 Å². The Morgan fingerprint density at radius 2 is 1.82 bits per heavy atom. The highest BCUT2D eigenvalue weighted by Gasteiger charge is 2.52. The Balaban J connectivity index is 3.04. The maximum atomic E-state index is 12.4. The lowest BCUT2D eigenvalue weighted by molar-refractivity contribution is -0.147. The van der Waals surface area contributed by atoms with Crippen molar-refractivity contribution in [3.05, 3.63) is 0 Å². The molecule has 0 saturated carbocycles. The van der Waals surface area contributed by atoms with Gasteiger partial charge in [0.1, 0.15) is 0 Å². The molecule has 0 aromatic heterocycles. The van der Waals surface area contributed by atoms with E-state index >= 15 is 0 Å². The highest BCUT2D eigenvalue weighted by atomic mass is 16.3. The Morgan fingerprint density at radius 1 is 1.29 bits per heavy atom. The standard InChI is InChI=1S/C13H23NO3/c1-8(2)10(7-15)14-11(16)6-13(5,9(3)4)12(14)17/h8-10,15H,6-7H2,1-5H3/t10-,13?/m0/s1. The van der Waals surface area contributed by atoms with E-state index in [1.54, 1.807) is 0 Å². The zero-order valence-electron chi connectivity index (χ0n) is 11.4. The van der Waals surface area contributed by atoms with Gasteiger partial charge in [-0.15, -0.1) is 0 Å². The number of carbonyl (C=O) groups excluding carboxylic acids is 2. The van der Waals surface area contributed by atoms with Gasteiger partial charge in [-0.3, -0.25) is 14.5 Å². The summed E-state index contributed by atoms with van der Waals surface area (Å²) in [7, 11) is 0. The summed E-state index contributed by atoms with van der Waals surface area (Å²) >= 11 is 0. The minimum Gasteiger partial charge on any atom is -0.394 e.